The van der Waals surface area contributed by atoms with Crippen LogP contribution in [-0.2, 0) is 0 Å². The molecule has 2 rings (SSSR count). The number of nitrogens with two attached hydrogens (primary N) is 2. The summed E-state index contributed by atoms with van der Waals surface area (Å²) < 4.78 is 0.724. The smallest absolute Gasteiger partial charge is 0.256 e. The summed E-state index contributed by atoms with van der Waals surface area (Å²) in [6.45, 7) is 1.77. The van der Waals surface area contributed by atoms with Gasteiger partial charge < -0.3 is 16.8 Å². The zero-order chi connectivity index (χ0) is 15.6. The molecule has 0 spiro atoms. The molecule has 0 radical (unpaired) electrons. The van der Waals surface area contributed by atoms with Crippen molar-refractivity contribution in [1.82, 2.24) is 0 Å². The fourth-order valence-corrected chi connectivity index (χ4v) is 2.36. The van der Waals surface area contributed by atoms with E-state index in [4.69, 9.17) is 11.5 Å². The molecule has 0 unspecified atom stereocenters. The van der Waals surface area contributed by atoms with E-state index in [1.807, 2.05) is 0 Å². The van der Waals surface area contributed by atoms with Crippen LogP contribution < -0.4 is 16.8 Å². The van der Waals surface area contributed by atoms with Gasteiger partial charge in [0.2, 0.25) is 5.91 Å². The number of halogens is 1. The van der Waals surface area contributed by atoms with Crippen LogP contribution in [0.1, 0.15) is 26.3 Å². The average Bonchev–Trinajstić information content (AvgIpc) is 2.43. The van der Waals surface area contributed by atoms with E-state index < -0.39 is 5.91 Å². The number of nitrogens with one attached hydrogen (secondary N) is 1. The van der Waals surface area contributed by atoms with Gasteiger partial charge in [0.25, 0.3) is 5.91 Å². The van der Waals surface area contributed by atoms with Crippen LogP contribution in [0, 0.1) is 6.92 Å². The number of rotatable bonds is 3. The Bertz CT molecular complexity index is 729. The Labute approximate surface area is 130 Å². The molecule has 5 N–H and O–H groups in total. The van der Waals surface area contributed by atoms with E-state index in [0.29, 0.717) is 28.1 Å². The van der Waals surface area contributed by atoms with E-state index in [9.17, 15) is 9.59 Å². The van der Waals surface area contributed by atoms with Crippen LogP contribution >= 0.6 is 15.9 Å². The minimum atomic E-state index is -0.547. The molecule has 0 fully saturated rings. The van der Waals surface area contributed by atoms with Crippen LogP contribution in [-0.4, -0.2) is 11.8 Å². The highest BCUT2D eigenvalue weighted by molar-refractivity contribution is 9.10. The molecule has 2 aromatic rings. The van der Waals surface area contributed by atoms with Gasteiger partial charge in [-0.3, -0.25) is 9.59 Å². The van der Waals surface area contributed by atoms with Crippen molar-refractivity contribution in [1.29, 1.82) is 0 Å². The van der Waals surface area contributed by atoms with Crippen molar-refractivity contribution in [3.63, 3.8) is 0 Å². The summed E-state index contributed by atoms with van der Waals surface area (Å²) in [7, 11) is 0. The number of carbonyl (C=O) groups is 2. The van der Waals surface area contributed by atoms with Crippen LogP contribution in [0.3, 0.4) is 0 Å². The molecule has 2 aromatic carbocycles. The highest BCUT2D eigenvalue weighted by atomic mass is 79.9. The van der Waals surface area contributed by atoms with Gasteiger partial charge in [-0.15, -0.1) is 0 Å². The quantitative estimate of drug-likeness (QED) is 0.744. The van der Waals surface area contributed by atoms with Crippen molar-refractivity contribution in [3.05, 3.63) is 57.6 Å². The van der Waals surface area contributed by atoms with Gasteiger partial charge in [0.1, 0.15) is 0 Å². The zero-order valence-corrected chi connectivity index (χ0v) is 12.9. The van der Waals surface area contributed by atoms with Gasteiger partial charge in [0.15, 0.2) is 0 Å². The van der Waals surface area contributed by atoms with E-state index in [1.54, 1.807) is 37.3 Å². The molecule has 0 bridgehead atoms. The summed E-state index contributed by atoms with van der Waals surface area (Å²) in [5, 5.41) is 2.73. The first kappa shape index (κ1) is 15.1. The van der Waals surface area contributed by atoms with E-state index in [0.717, 1.165) is 4.47 Å². The van der Waals surface area contributed by atoms with E-state index in [2.05, 4.69) is 21.2 Å². The molecule has 0 atom stereocenters. The summed E-state index contributed by atoms with van der Waals surface area (Å²) in [5.74, 6) is -0.851. The molecule has 0 aromatic heterocycles. The molecule has 0 saturated heterocycles. The number of carbonyl (C=O) groups excluding carboxylic acids is 2. The molecule has 108 valence electrons. The third kappa shape index (κ3) is 3.41. The first-order chi connectivity index (χ1) is 9.88. The van der Waals surface area contributed by atoms with E-state index in [1.165, 1.54) is 6.07 Å². The molecular formula is C15H14BrN3O2. The third-order valence-corrected chi connectivity index (χ3v) is 3.52. The van der Waals surface area contributed by atoms with Crippen molar-refractivity contribution in [2.24, 2.45) is 5.73 Å². The number of benzene rings is 2. The fraction of sp³-hybridized carbons (Fsp3) is 0.0667. The molecule has 5 nitrogen and oxygen atoms in total. The van der Waals surface area contributed by atoms with Crippen molar-refractivity contribution in [3.8, 4) is 0 Å². The third-order valence-electron chi connectivity index (χ3n) is 3.06. The van der Waals surface area contributed by atoms with Gasteiger partial charge in [-0.2, -0.15) is 0 Å². The Morgan fingerprint density at radius 3 is 2.57 bits per heavy atom. The Balaban J connectivity index is 2.30. The van der Waals surface area contributed by atoms with Crippen molar-refractivity contribution < 1.29 is 9.59 Å². The van der Waals surface area contributed by atoms with Crippen LogP contribution in [0.2, 0.25) is 0 Å². The van der Waals surface area contributed by atoms with Crippen LogP contribution in [0.15, 0.2) is 40.9 Å². The SMILES string of the molecule is Cc1c(N)cc(Br)cc1C(=O)Nc1cccc(C(N)=O)c1. The summed E-state index contributed by atoms with van der Waals surface area (Å²) in [5.41, 5.74) is 13.6. The van der Waals surface area contributed by atoms with Crippen molar-refractivity contribution >= 4 is 39.1 Å². The molecule has 21 heavy (non-hydrogen) atoms. The number of amides is 2. The van der Waals surface area contributed by atoms with Crippen LogP contribution in [0.25, 0.3) is 0 Å². The topological polar surface area (TPSA) is 98.2 Å². The lowest BCUT2D eigenvalue weighted by Gasteiger charge is -2.11. The predicted molar refractivity (Wildman–Crippen MR) is 86.2 cm³/mol. The maximum absolute atomic E-state index is 12.3. The monoisotopic (exact) mass is 347 g/mol. The lowest BCUT2D eigenvalue weighted by Crippen LogP contribution is -2.16. The first-order valence-corrected chi connectivity index (χ1v) is 6.94. The van der Waals surface area contributed by atoms with Crippen molar-refractivity contribution in [2.45, 2.75) is 6.92 Å². The Hall–Kier alpha value is -2.34. The second-order valence-electron chi connectivity index (χ2n) is 4.57. The lowest BCUT2D eigenvalue weighted by molar-refractivity contribution is 0.0996. The van der Waals surface area contributed by atoms with Crippen LogP contribution in [0.5, 0.6) is 0 Å². The summed E-state index contributed by atoms with van der Waals surface area (Å²) in [4.78, 5) is 23.5. The van der Waals surface area contributed by atoms with Gasteiger partial charge in [0.05, 0.1) is 0 Å². The summed E-state index contributed by atoms with van der Waals surface area (Å²) in [6.07, 6.45) is 0. The fourth-order valence-electron chi connectivity index (χ4n) is 1.88. The molecule has 0 heterocycles. The van der Waals surface area contributed by atoms with Gasteiger partial charge in [-0.05, 0) is 42.8 Å². The van der Waals surface area contributed by atoms with Gasteiger partial charge in [0, 0.05) is 27.0 Å². The maximum Gasteiger partial charge on any atom is 0.256 e. The van der Waals surface area contributed by atoms with Gasteiger partial charge >= 0.3 is 0 Å². The number of primary amides is 1. The predicted octanol–water partition coefficient (Wildman–Crippen LogP) is 2.69. The Morgan fingerprint density at radius 1 is 1.19 bits per heavy atom. The molecule has 2 amide bonds. The summed E-state index contributed by atoms with van der Waals surface area (Å²) >= 11 is 3.31. The second kappa shape index (κ2) is 5.97. The Morgan fingerprint density at radius 2 is 1.90 bits per heavy atom. The summed E-state index contributed by atoms with van der Waals surface area (Å²) in [6, 6.07) is 9.87. The van der Waals surface area contributed by atoms with Crippen LogP contribution in [0.4, 0.5) is 11.4 Å². The molecule has 0 saturated carbocycles. The second-order valence-corrected chi connectivity index (χ2v) is 5.48. The molecule has 0 aliphatic carbocycles. The minimum absolute atomic E-state index is 0.304. The highest BCUT2D eigenvalue weighted by Crippen LogP contribution is 2.23. The standard InChI is InChI=1S/C15H14BrN3O2/c1-8-12(6-10(16)7-13(8)17)15(21)19-11-4-2-3-9(5-11)14(18)20/h2-7H,17H2,1H3,(H2,18,20)(H,19,21). The first-order valence-electron chi connectivity index (χ1n) is 6.15. The van der Waals surface area contributed by atoms with E-state index in [-0.39, 0.29) is 5.91 Å². The molecule has 0 aliphatic heterocycles. The number of hydrogen-bond acceptors (Lipinski definition) is 3. The van der Waals surface area contributed by atoms with Gasteiger partial charge in [-0.1, -0.05) is 22.0 Å². The van der Waals surface area contributed by atoms with Gasteiger partial charge in [-0.25, -0.2) is 0 Å². The maximum atomic E-state index is 12.3. The lowest BCUT2D eigenvalue weighted by atomic mass is 10.1. The largest absolute Gasteiger partial charge is 0.398 e. The Kier molecular flexibility index (Phi) is 4.28. The minimum Gasteiger partial charge on any atom is -0.398 e. The molecule has 0 aliphatic rings. The number of anilines is 2. The zero-order valence-electron chi connectivity index (χ0n) is 11.3. The average molecular weight is 348 g/mol. The highest BCUT2D eigenvalue weighted by Gasteiger charge is 2.13. The molecule has 6 heteroatoms. The number of hydrogen-bond donors (Lipinski definition) is 3. The number of nitrogen functional groups attached to an aromatic ring is 1. The molecular weight excluding hydrogens is 334 g/mol. The van der Waals surface area contributed by atoms with Crippen molar-refractivity contribution in [2.75, 3.05) is 11.1 Å². The van der Waals surface area contributed by atoms with E-state index >= 15 is 0 Å². The normalized spacial score (nSPS) is 10.2.